The summed E-state index contributed by atoms with van der Waals surface area (Å²) in [6.45, 7) is 2.88. The van der Waals surface area contributed by atoms with Crippen molar-refractivity contribution in [3.63, 3.8) is 0 Å². The highest BCUT2D eigenvalue weighted by molar-refractivity contribution is 7.13. The first-order chi connectivity index (χ1) is 13.1. The van der Waals surface area contributed by atoms with Crippen molar-refractivity contribution in [2.75, 3.05) is 20.3 Å². The normalized spacial score (nSPS) is 10.4. The van der Waals surface area contributed by atoms with E-state index in [1.807, 2.05) is 41.8 Å². The fraction of sp³-hybridized carbons (Fsp3) is 0.238. The Morgan fingerprint density at radius 2 is 1.96 bits per heavy atom. The second-order valence-corrected chi connectivity index (χ2v) is 6.93. The van der Waals surface area contributed by atoms with Gasteiger partial charge in [0, 0.05) is 17.0 Å². The van der Waals surface area contributed by atoms with E-state index in [2.05, 4.69) is 29.4 Å². The van der Waals surface area contributed by atoms with E-state index in [4.69, 9.17) is 9.47 Å². The number of carbonyl (C=O) groups is 1. The molecule has 0 fully saturated rings. The predicted molar refractivity (Wildman–Crippen MR) is 107 cm³/mol. The van der Waals surface area contributed by atoms with Gasteiger partial charge in [-0.25, -0.2) is 4.98 Å². The van der Waals surface area contributed by atoms with Crippen molar-refractivity contribution >= 4 is 17.2 Å². The third-order valence-corrected chi connectivity index (χ3v) is 4.83. The molecule has 0 saturated carbocycles. The first-order valence-electron chi connectivity index (χ1n) is 8.69. The number of nitrogens with zero attached hydrogens (tertiary/aromatic N) is 1. The highest BCUT2D eigenvalue weighted by Gasteiger charge is 2.09. The summed E-state index contributed by atoms with van der Waals surface area (Å²) in [4.78, 5) is 16.7. The molecule has 1 aromatic heterocycles. The molecule has 1 N–H and O–H groups in total. The van der Waals surface area contributed by atoms with Gasteiger partial charge in [0.1, 0.15) is 23.1 Å². The van der Waals surface area contributed by atoms with E-state index in [9.17, 15) is 4.79 Å². The van der Waals surface area contributed by atoms with E-state index >= 15 is 0 Å². The van der Waals surface area contributed by atoms with Gasteiger partial charge in [-0.15, -0.1) is 11.3 Å². The fourth-order valence-electron chi connectivity index (χ4n) is 2.58. The van der Waals surface area contributed by atoms with Crippen LogP contribution in [0.3, 0.4) is 0 Å². The minimum absolute atomic E-state index is 0.0645. The quantitative estimate of drug-likeness (QED) is 0.601. The molecule has 0 aliphatic rings. The van der Waals surface area contributed by atoms with Crippen molar-refractivity contribution in [2.24, 2.45) is 0 Å². The molecule has 0 spiro atoms. The van der Waals surface area contributed by atoms with Crippen LogP contribution in [0.2, 0.25) is 0 Å². The first-order valence-corrected chi connectivity index (χ1v) is 9.57. The van der Waals surface area contributed by atoms with Crippen LogP contribution in [-0.4, -0.2) is 31.2 Å². The summed E-state index contributed by atoms with van der Waals surface area (Å²) in [5, 5.41) is 5.73. The molecule has 1 amide bonds. The number of thiazole rings is 1. The zero-order chi connectivity index (χ0) is 19.1. The minimum Gasteiger partial charge on any atom is -0.497 e. The number of benzene rings is 2. The Balaban J connectivity index is 1.44. The molecule has 140 valence electrons. The molecule has 0 saturated heterocycles. The summed E-state index contributed by atoms with van der Waals surface area (Å²) in [5.74, 6) is 1.39. The zero-order valence-electron chi connectivity index (χ0n) is 15.4. The smallest absolute Gasteiger partial charge is 0.226 e. The molecule has 3 rings (SSSR count). The summed E-state index contributed by atoms with van der Waals surface area (Å²) in [7, 11) is 1.61. The molecule has 0 aliphatic heterocycles. The van der Waals surface area contributed by atoms with Crippen LogP contribution < -0.4 is 14.8 Å². The minimum atomic E-state index is -0.0645. The Kier molecular flexibility index (Phi) is 6.44. The molecule has 0 bridgehead atoms. The Labute approximate surface area is 163 Å². The SMILES string of the molecule is COc1cccc(OCCNC(=O)Cc2csc(-c3cccc(C)c3)n2)c1. The molecule has 0 aliphatic carbocycles. The van der Waals surface area contributed by atoms with Crippen molar-refractivity contribution in [2.45, 2.75) is 13.3 Å². The zero-order valence-corrected chi connectivity index (χ0v) is 16.2. The number of carbonyl (C=O) groups excluding carboxylic acids is 1. The lowest BCUT2D eigenvalue weighted by Crippen LogP contribution is -2.29. The molecule has 2 aromatic carbocycles. The highest BCUT2D eigenvalue weighted by Crippen LogP contribution is 2.24. The van der Waals surface area contributed by atoms with Crippen molar-refractivity contribution in [1.29, 1.82) is 0 Å². The summed E-state index contributed by atoms with van der Waals surface area (Å²) in [6, 6.07) is 15.6. The van der Waals surface area contributed by atoms with Crippen LogP contribution in [0.25, 0.3) is 10.6 Å². The van der Waals surface area contributed by atoms with Crippen LogP contribution in [0.1, 0.15) is 11.3 Å². The molecule has 5 nitrogen and oxygen atoms in total. The second kappa shape index (κ2) is 9.19. The lowest BCUT2D eigenvalue weighted by molar-refractivity contribution is -0.120. The van der Waals surface area contributed by atoms with Gasteiger partial charge in [-0.05, 0) is 25.1 Å². The number of hydrogen-bond donors (Lipinski definition) is 1. The van der Waals surface area contributed by atoms with Crippen molar-refractivity contribution in [3.8, 4) is 22.1 Å². The molecule has 0 atom stereocenters. The van der Waals surface area contributed by atoms with Crippen molar-refractivity contribution < 1.29 is 14.3 Å². The van der Waals surface area contributed by atoms with E-state index in [1.165, 1.54) is 5.56 Å². The van der Waals surface area contributed by atoms with Gasteiger partial charge in [0.15, 0.2) is 0 Å². The summed E-state index contributed by atoms with van der Waals surface area (Å²) in [5.41, 5.74) is 3.05. The van der Waals surface area contributed by atoms with Gasteiger partial charge in [0.05, 0.1) is 25.8 Å². The number of aromatic nitrogens is 1. The summed E-state index contributed by atoms with van der Waals surface area (Å²) < 4.78 is 10.8. The summed E-state index contributed by atoms with van der Waals surface area (Å²) >= 11 is 1.55. The topological polar surface area (TPSA) is 60.5 Å². The highest BCUT2D eigenvalue weighted by atomic mass is 32.1. The Hall–Kier alpha value is -2.86. The van der Waals surface area contributed by atoms with Crippen LogP contribution in [0, 0.1) is 6.92 Å². The molecule has 1 heterocycles. The average molecular weight is 382 g/mol. The number of methoxy groups -OCH3 is 1. The lowest BCUT2D eigenvalue weighted by Gasteiger charge is -2.08. The molecule has 6 heteroatoms. The van der Waals surface area contributed by atoms with E-state index < -0.39 is 0 Å². The standard InChI is InChI=1S/C21H22N2O3S/c1-15-5-3-6-16(11-15)21-23-17(14-27-21)12-20(24)22-9-10-26-19-8-4-7-18(13-19)25-2/h3-8,11,13-14H,9-10,12H2,1-2H3,(H,22,24). The number of amides is 1. The number of rotatable bonds is 8. The van der Waals surface area contributed by atoms with Crippen molar-refractivity contribution in [3.05, 3.63) is 65.2 Å². The first kappa shape index (κ1) is 18.9. The van der Waals surface area contributed by atoms with Crippen LogP contribution in [0.4, 0.5) is 0 Å². The van der Waals surface area contributed by atoms with Gasteiger partial charge in [-0.2, -0.15) is 0 Å². The Morgan fingerprint density at radius 3 is 2.78 bits per heavy atom. The van der Waals surface area contributed by atoms with Crippen LogP contribution in [0.5, 0.6) is 11.5 Å². The Morgan fingerprint density at radius 1 is 1.15 bits per heavy atom. The monoisotopic (exact) mass is 382 g/mol. The van der Waals surface area contributed by atoms with E-state index in [0.29, 0.717) is 18.9 Å². The maximum Gasteiger partial charge on any atom is 0.226 e. The molecule has 0 radical (unpaired) electrons. The molecular formula is C21H22N2O3S. The maximum atomic E-state index is 12.1. The second-order valence-electron chi connectivity index (χ2n) is 6.07. The number of aryl methyl sites for hydroxylation is 1. The fourth-order valence-corrected chi connectivity index (χ4v) is 3.39. The van der Waals surface area contributed by atoms with Crippen LogP contribution in [-0.2, 0) is 11.2 Å². The van der Waals surface area contributed by atoms with E-state index in [-0.39, 0.29) is 12.3 Å². The predicted octanol–water partition coefficient (Wildman–Crippen LogP) is 3.86. The Bertz CT molecular complexity index is 908. The largest absolute Gasteiger partial charge is 0.497 e. The third-order valence-electron chi connectivity index (χ3n) is 3.89. The lowest BCUT2D eigenvalue weighted by atomic mass is 10.1. The van der Waals surface area contributed by atoms with Crippen molar-refractivity contribution in [1.82, 2.24) is 10.3 Å². The number of nitrogens with one attached hydrogen (secondary N) is 1. The van der Waals surface area contributed by atoms with E-state index in [1.54, 1.807) is 18.4 Å². The summed E-state index contributed by atoms with van der Waals surface area (Å²) in [6.07, 6.45) is 0.265. The van der Waals surface area contributed by atoms with Crippen LogP contribution in [0.15, 0.2) is 53.9 Å². The third kappa shape index (κ3) is 5.56. The van der Waals surface area contributed by atoms with Crippen LogP contribution >= 0.6 is 11.3 Å². The van der Waals surface area contributed by atoms with Gasteiger partial charge in [0.2, 0.25) is 5.91 Å². The maximum absolute atomic E-state index is 12.1. The molecule has 0 unspecified atom stereocenters. The average Bonchev–Trinajstić information content (AvgIpc) is 3.14. The van der Waals surface area contributed by atoms with Gasteiger partial charge >= 0.3 is 0 Å². The van der Waals surface area contributed by atoms with Gasteiger partial charge in [-0.3, -0.25) is 4.79 Å². The molecule has 3 aromatic rings. The number of ether oxygens (including phenoxy) is 2. The van der Waals surface area contributed by atoms with Gasteiger partial charge in [-0.1, -0.05) is 29.8 Å². The molecule has 27 heavy (non-hydrogen) atoms. The number of hydrogen-bond acceptors (Lipinski definition) is 5. The molecular weight excluding hydrogens is 360 g/mol. The van der Waals surface area contributed by atoms with Gasteiger partial charge < -0.3 is 14.8 Å². The van der Waals surface area contributed by atoms with E-state index in [0.717, 1.165) is 22.0 Å². The van der Waals surface area contributed by atoms with Gasteiger partial charge in [0.25, 0.3) is 0 Å².